The van der Waals surface area contributed by atoms with Gasteiger partial charge in [0.25, 0.3) is 0 Å². The Hall–Kier alpha value is -1.98. The predicted octanol–water partition coefficient (Wildman–Crippen LogP) is 5.00. The second kappa shape index (κ2) is 6.98. The summed E-state index contributed by atoms with van der Waals surface area (Å²) in [6.07, 6.45) is 1.28. The van der Waals surface area contributed by atoms with Gasteiger partial charge in [0, 0.05) is 17.0 Å². The Bertz CT molecular complexity index is 594. The third kappa shape index (κ3) is 3.53. The topological polar surface area (TPSA) is 33.0 Å². The van der Waals surface area contributed by atoms with E-state index in [1.54, 1.807) is 0 Å². The molecule has 0 spiro atoms. The lowest BCUT2D eigenvalue weighted by atomic mass is 10.0. The van der Waals surface area contributed by atoms with Crippen molar-refractivity contribution in [2.45, 2.75) is 19.8 Å². The molecule has 0 saturated heterocycles. The number of nitriles is 1. The first-order valence-electron chi connectivity index (χ1n) is 6.57. The summed E-state index contributed by atoms with van der Waals surface area (Å²) in [5, 5.41) is 9.22. The van der Waals surface area contributed by atoms with Gasteiger partial charge in [-0.2, -0.15) is 5.26 Å². The van der Waals surface area contributed by atoms with Crippen molar-refractivity contribution in [3.8, 4) is 22.9 Å². The van der Waals surface area contributed by atoms with Gasteiger partial charge >= 0.3 is 0 Å². The lowest BCUT2D eigenvalue weighted by molar-refractivity contribution is 0.313. The molecule has 0 atom stereocenters. The van der Waals surface area contributed by atoms with Gasteiger partial charge in [0.1, 0.15) is 5.75 Å². The number of hydrogen-bond acceptors (Lipinski definition) is 2. The van der Waals surface area contributed by atoms with E-state index in [2.05, 4.69) is 6.07 Å². The van der Waals surface area contributed by atoms with Crippen LogP contribution < -0.4 is 4.74 Å². The van der Waals surface area contributed by atoms with Gasteiger partial charge in [0.05, 0.1) is 12.7 Å². The summed E-state index contributed by atoms with van der Waals surface area (Å²) < 4.78 is 5.58. The number of halogens is 1. The van der Waals surface area contributed by atoms with Gasteiger partial charge in [-0.05, 0) is 42.7 Å². The fraction of sp³-hybridized carbons (Fsp3) is 0.235. The van der Waals surface area contributed by atoms with Crippen molar-refractivity contribution in [2.75, 3.05) is 6.61 Å². The van der Waals surface area contributed by atoms with Crippen LogP contribution in [0.5, 0.6) is 5.75 Å². The van der Waals surface area contributed by atoms with Crippen molar-refractivity contribution < 1.29 is 4.74 Å². The quantitative estimate of drug-likeness (QED) is 0.724. The van der Waals surface area contributed by atoms with Crippen molar-refractivity contribution in [2.24, 2.45) is 0 Å². The Labute approximate surface area is 124 Å². The van der Waals surface area contributed by atoms with E-state index in [0.717, 1.165) is 33.9 Å². The van der Waals surface area contributed by atoms with Gasteiger partial charge in [-0.1, -0.05) is 35.9 Å². The first-order valence-corrected chi connectivity index (χ1v) is 6.95. The van der Waals surface area contributed by atoms with Gasteiger partial charge in [0.15, 0.2) is 0 Å². The molecule has 0 heterocycles. The summed E-state index contributed by atoms with van der Waals surface area (Å²) in [6, 6.07) is 15.9. The summed E-state index contributed by atoms with van der Waals surface area (Å²) in [5.74, 6) is 0.816. The third-order valence-electron chi connectivity index (χ3n) is 3.07. The van der Waals surface area contributed by atoms with Crippen molar-refractivity contribution in [3.63, 3.8) is 0 Å². The Morgan fingerprint density at radius 3 is 2.55 bits per heavy atom. The molecule has 0 aromatic heterocycles. The van der Waals surface area contributed by atoms with Crippen LogP contribution in [-0.2, 0) is 0 Å². The molecule has 0 unspecified atom stereocenters. The van der Waals surface area contributed by atoms with Gasteiger partial charge < -0.3 is 4.74 Å². The van der Waals surface area contributed by atoms with Crippen molar-refractivity contribution in [1.29, 1.82) is 5.26 Å². The van der Waals surface area contributed by atoms with Crippen LogP contribution in [0.3, 0.4) is 0 Å². The standard InChI is InChI=1S/C17H16ClNO/c1-13-5-4-6-16(18)17(13)14-7-9-15(10-8-14)20-12-3-2-11-19/h4-10H,2-3,12H2,1H3. The predicted molar refractivity (Wildman–Crippen MR) is 82.0 cm³/mol. The van der Waals surface area contributed by atoms with Gasteiger partial charge in [-0.25, -0.2) is 0 Å². The highest BCUT2D eigenvalue weighted by Crippen LogP contribution is 2.31. The average molecular weight is 286 g/mol. The van der Waals surface area contributed by atoms with Crippen LogP contribution in [-0.4, -0.2) is 6.61 Å². The number of ether oxygens (including phenoxy) is 1. The minimum atomic E-state index is 0.525. The normalized spacial score (nSPS) is 10.1. The largest absolute Gasteiger partial charge is 0.494 e. The summed E-state index contributed by atoms with van der Waals surface area (Å²) in [7, 11) is 0. The molecule has 2 aromatic rings. The molecule has 2 nitrogen and oxygen atoms in total. The molecule has 0 saturated carbocycles. The molecule has 0 aliphatic carbocycles. The number of aryl methyl sites for hydroxylation is 1. The molecule has 0 aliphatic heterocycles. The maximum absolute atomic E-state index is 8.46. The Morgan fingerprint density at radius 1 is 1.15 bits per heavy atom. The molecule has 0 bridgehead atoms. The number of rotatable bonds is 5. The number of nitrogens with zero attached hydrogens (tertiary/aromatic N) is 1. The summed E-state index contributed by atoms with van der Waals surface area (Å²) in [5.41, 5.74) is 3.29. The Morgan fingerprint density at radius 2 is 1.90 bits per heavy atom. The van der Waals surface area contributed by atoms with Crippen molar-refractivity contribution in [3.05, 3.63) is 53.1 Å². The maximum atomic E-state index is 8.46. The Balaban J connectivity index is 2.10. The highest BCUT2D eigenvalue weighted by atomic mass is 35.5. The Kier molecular flexibility index (Phi) is 5.03. The molecule has 0 aliphatic rings. The number of hydrogen-bond donors (Lipinski definition) is 0. The van der Waals surface area contributed by atoms with E-state index in [1.807, 2.05) is 49.4 Å². The summed E-state index contributed by atoms with van der Waals surface area (Å²) in [4.78, 5) is 0. The summed E-state index contributed by atoms with van der Waals surface area (Å²) in [6.45, 7) is 2.62. The van der Waals surface area contributed by atoms with Crippen LogP contribution >= 0.6 is 11.6 Å². The van der Waals surface area contributed by atoms with E-state index < -0.39 is 0 Å². The van der Waals surface area contributed by atoms with Crippen molar-refractivity contribution in [1.82, 2.24) is 0 Å². The molecule has 0 amide bonds. The zero-order valence-corrected chi connectivity index (χ0v) is 12.2. The van der Waals surface area contributed by atoms with Crippen LogP contribution in [0.2, 0.25) is 5.02 Å². The van der Waals surface area contributed by atoms with Crippen LogP contribution in [0.25, 0.3) is 11.1 Å². The monoisotopic (exact) mass is 285 g/mol. The highest BCUT2D eigenvalue weighted by molar-refractivity contribution is 6.33. The average Bonchev–Trinajstić information content (AvgIpc) is 2.45. The van der Waals surface area contributed by atoms with Gasteiger partial charge in [-0.15, -0.1) is 0 Å². The lowest BCUT2D eigenvalue weighted by Crippen LogP contribution is -1.96. The van der Waals surface area contributed by atoms with Crippen LogP contribution in [0.4, 0.5) is 0 Å². The molecule has 0 N–H and O–H groups in total. The molecule has 2 aromatic carbocycles. The van der Waals surface area contributed by atoms with E-state index in [0.29, 0.717) is 13.0 Å². The van der Waals surface area contributed by atoms with Crippen molar-refractivity contribution >= 4 is 11.6 Å². The van der Waals surface area contributed by atoms with E-state index in [9.17, 15) is 0 Å². The van der Waals surface area contributed by atoms with Crippen LogP contribution in [0, 0.1) is 18.3 Å². The van der Waals surface area contributed by atoms with E-state index in [-0.39, 0.29) is 0 Å². The minimum Gasteiger partial charge on any atom is -0.494 e. The second-order valence-electron chi connectivity index (χ2n) is 4.57. The molecule has 3 heteroatoms. The molecule has 102 valence electrons. The highest BCUT2D eigenvalue weighted by Gasteiger charge is 2.06. The molecule has 20 heavy (non-hydrogen) atoms. The molecule has 0 fully saturated rings. The zero-order chi connectivity index (χ0) is 14.4. The molecular weight excluding hydrogens is 270 g/mol. The SMILES string of the molecule is Cc1cccc(Cl)c1-c1ccc(OCCCC#N)cc1. The number of unbranched alkanes of at least 4 members (excludes halogenated alkanes) is 1. The van der Waals surface area contributed by atoms with E-state index in [1.165, 1.54) is 0 Å². The van der Waals surface area contributed by atoms with E-state index >= 15 is 0 Å². The zero-order valence-electron chi connectivity index (χ0n) is 11.4. The van der Waals surface area contributed by atoms with Gasteiger partial charge in [0.2, 0.25) is 0 Å². The molecule has 0 radical (unpaired) electrons. The maximum Gasteiger partial charge on any atom is 0.119 e. The second-order valence-corrected chi connectivity index (χ2v) is 4.97. The summed E-state index contributed by atoms with van der Waals surface area (Å²) >= 11 is 6.26. The fourth-order valence-corrected chi connectivity index (χ4v) is 2.39. The van der Waals surface area contributed by atoms with E-state index in [4.69, 9.17) is 21.6 Å². The van der Waals surface area contributed by atoms with Gasteiger partial charge in [-0.3, -0.25) is 0 Å². The lowest BCUT2D eigenvalue weighted by Gasteiger charge is -2.10. The molecule has 2 rings (SSSR count). The smallest absolute Gasteiger partial charge is 0.119 e. The fourth-order valence-electron chi connectivity index (χ4n) is 2.06. The van der Waals surface area contributed by atoms with Crippen LogP contribution in [0.15, 0.2) is 42.5 Å². The first kappa shape index (κ1) is 14.4. The number of benzene rings is 2. The minimum absolute atomic E-state index is 0.525. The molecular formula is C17H16ClNO. The third-order valence-corrected chi connectivity index (χ3v) is 3.38. The first-order chi connectivity index (χ1) is 9.72. The van der Waals surface area contributed by atoms with Crippen LogP contribution in [0.1, 0.15) is 18.4 Å².